The molecule has 0 amide bonds. The van der Waals surface area contributed by atoms with Crippen molar-refractivity contribution in [3.8, 4) is 5.75 Å². The normalized spacial score (nSPS) is 10.6. The van der Waals surface area contributed by atoms with E-state index < -0.39 is 6.43 Å². The average molecular weight is 228 g/mol. The van der Waals surface area contributed by atoms with Gasteiger partial charge in [-0.25, -0.2) is 8.78 Å². The molecule has 0 saturated carbocycles. The third-order valence-corrected chi connectivity index (χ3v) is 2.18. The first-order chi connectivity index (χ1) is 7.60. The van der Waals surface area contributed by atoms with E-state index in [0.717, 1.165) is 0 Å². The summed E-state index contributed by atoms with van der Waals surface area (Å²) < 4.78 is 30.1. The van der Waals surface area contributed by atoms with Gasteiger partial charge in [-0.2, -0.15) is 0 Å². The number of ether oxygens (including phenoxy) is 1. The third kappa shape index (κ3) is 2.78. The minimum absolute atomic E-state index is 0.107. The van der Waals surface area contributed by atoms with Gasteiger partial charge in [-0.1, -0.05) is 13.0 Å². The molecule has 0 N–H and O–H groups in total. The second-order valence-corrected chi connectivity index (χ2v) is 3.27. The van der Waals surface area contributed by atoms with Crippen LogP contribution in [-0.2, 0) is 0 Å². The van der Waals surface area contributed by atoms with E-state index in [4.69, 9.17) is 4.74 Å². The Balaban J connectivity index is 3.13. The Morgan fingerprint density at radius 2 is 2.06 bits per heavy atom. The van der Waals surface area contributed by atoms with E-state index in [1.54, 1.807) is 13.8 Å². The number of carbonyl (C=O) groups excluding carboxylic acids is 1. The molecular formula is C12H14F2O2. The van der Waals surface area contributed by atoms with Gasteiger partial charge in [0.2, 0.25) is 0 Å². The minimum atomic E-state index is -2.55. The lowest BCUT2D eigenvalue weighted by Gasteiger charge is -2.10. The van der Waals surface area contributed by atoms with E-state index in [2.05, 4.69) is 0 Å². The monoisotopic (exact) mass is 228 g/mol. The van der Waals surface area contributed by atoms with Crippen molar-refractivity contribution in [3.05, 3.63) is 29.3 Å². The number of halogens is 2. The van der Waals surface area contributed by atoms with E-state index in [-0.39, 0.29) is 17.1 Å². The molecule has 4 heteroatoms. The largest absolute Gasteiger partial charge is 0.493 e. The molecule has 1 rings (SSSR count). The van der Waals surface area contributed by atoms with Crippen LogP contribution in [0.5, 0.6) is 5.75 Å². The zero-order valence-electron chi connectivity index (χ0n) is 9.30. The highest BCUT2D eigenvalue weighted by atomic mass is 19.3. The summed E-state index contributed by atoms with van der Waals surface area (Å²) in [5.41, 5.74) is 0.241. The Morgan fingerprint density at radius 3 is 2.56 bits per heavy atom. The van der Waals surface area contributed by atoms with Crippen LogP contribution in [0.1, 0.15) is 42.6 Å². The van der Waals surface area contributed by atoms with Crippen LogP contribution in [-0.4, -0.2) is 12.4 Å². The molecule has 0 fully saturated rings. The molecule has 0 aliphatic heterocycles. The van der Waals surface area contributed by atoms with Crippen molar-refractivity contribution in [2.45, 2.75) is 26.7 Å². The van der Waals surface area contributed by atoms with Gasteiger partial charge in [0, 0.05) is 12.0 Å². The van der Waals surface area contributed by atoms with Crippen molar-refractivity contribution in [2.24, 2.45) is 0 Å². The predicted molar refractivity (Wildman–Crippen MR) is 57.2 cm³/mol. The van der Waals surface area contributed by atoms with E-state index in [1.165, 1.54) is 18.2 Å². The molecule has 1 aromatic carbocycles. The first kappa shape index (κ1) is 12.6. The molecule has 2 nitrogen and oxygen atoms in total. The van der Waals surface area contributed by atoms with Crippen LogP contribution >= 0.6 is 0 Å². The summed E-state index contributed by atoms with van der Waals surface area (Å²) in [4.78, 5) is 11.5. The zero-order valence-corrected chi connectivity index (χ0v) is 9.30. The standard InChI is InChI=1S/C12H14F2O2/c1-3-10(15)9-6-5-8(12(13)14)7-11(9)16-4-2/h5-7,12H,3-4H2,1-2H3. The van der Waals surface area contributed by atoms with Crippen molar-refractivity contribution in [1.29, 1.82) is 0 Å². The van der Waals surface area contributed by atoms with Crippen LogP contribution < -0.4 is 4.74 Å². The lowest BCUT2D eigenvalue weighted by Crippen LogP contribution is -2.03. The van der Waals surface area contributed by atoms with Crippen LogP contribution in [0.2, 0.25) is 0 Å². The summed E-state index contributed by atoms with van der Waals surface area (Å²) in [6.07, 6.45) is -2.22. The first-order valence-corrected chi connectivity index (χ1v) is 5.18. The summed E-state index contributed by atoms with van der Waals surface area (Å²) in [7, 11) is 0. The van der Waals surface area contributed by atoms with Crippen LogP contribution in [0.4, 0.5) is 8.78 Å². The van der Waals surface area contributed by atoms with Gasteiger partial charge in [-0.3, -0.25) is 4.79 Å². The van der Waals surface area contributed by atoms with Crippen LogP contribution in [0.3, 0.4) is 0 Å². The van der Waals surface area contributed by atoms with Crippen molar-refractivity contribution >= 4 is 5.78 Å². The molecule has 0 aliphatic carbocycles. The first-order valence-electron chi connectivity index (χ1n) is 5.18. The minimum Gasteiger partial charge on any atom is -0.493 e. The molecular weight excluding hydrogens is 214 g/mol. The van der Waals surface area contributed by atoms with E-state index in [1.807, 2.05) is 0 Å². The molecule has 88 valence electrons. The van der Waals surface area contributed by atoms with Crippen molar-refractivity contribution in [1.82, 2.24) is 0 Å². The second kappa shape index (κ2) is 5.58. The maximum absolute atomic E-state index is 12.5. The molecule has 0 saturated heterocycles. The number of rotatable bonds is 5. The van der Waals surface area contributed by atoms with Gasteiger partial charge in [0.15, 0.2) is 5.78 Å². The number of hydrogen-bond donors (Lipinski definition) is 0. The molecule has 0 atom stereocenters. The number of ketones is 1. The van der Waals surface area contributed by atoms with Crippen molar-refractivity contribution < 1.29 is 18.3 Å². The lowest BCUT2D eigenvalue weighted by atomic mass is 10.1. The second-order valence-electron chi connectivity index (χ2n) is 3.27. The molecule has 0 aliphatic rings. The van der Waals surface area contributed by atoms with E-state index in [0.29, 0.717) is 18.6 Å². The fourth-order valence-electron chi connectivity index (χ4n) is 1.37. The lowest BCUT2D eigenvalue weighted by molar-refractivity contribution is 0.0983. The Morgan fingerprint density at radius 1 is 1.38 bits per heavy atom. The van der Waals surface area contributed by atoms with Gasteiger partial charge < -0.3 is 4.74 Å². The molecule has 16 heavy (non-hydrogen) atoms. The molecule has 0 unspecified atom stereocenters. The molecule has 1 aromatic rings. The summed E-state index contributed by atoms with van der Waals surface area (Å²) in [6, 6.07) is 3.89. The molecule has 0 spiro atoms. The van der Waals surface area contributed by atoms with E-state index in [9.17, 15) is 13.6 Å². The summed E-state index contributed by atoms with van der Waals surface area (Å²) in [6.45, 7) is 3.81. The maximum Gasteiger partial charge on any atom is 0.263 e. The Kier molecular flexibility index (Phi) is 4.40. The SMILES string of the molecule is CCOc1cc(C(F)F)ccc1C(=O)CC. The van der Waals surface area contributed by atoms with Crippen LogP contribution in [0.25, 0.3) is 0 Å². The summed E-state index contributed by atoms with van der Waals surface area (Å²) in [5.74, 6) is 0.136. The number of Topliss-reactive ketones (excluding diaryl/α,β-unsaturated/α-hetero) is 1. The summed E-state index contributed by atoms with van der Waals surface area (Å²) >= 11 is 0. The molecule has 0 radical (unpaired) electrons. The predicted octanol–water partition coefficient (Wildman–Crippen LogP) is 3.62. The molecule has 0 heterocycles. The Bertz CT molecular complexity index is 375. The maximum atomic E-state index is 12.5. The van der Waals surface area contributed by atoms with Gasteiger partial charge in [-0.05, 0) is 19.1 Å². The van der Waals surface area contributed by atoms with Crippen LogP contribution in [0, 0.1) is 0 Å². The van der Waals surface area contributed by atoms with E-state index >= 15 is 0 Å². The van der Waals surface area contributed by atoms with Gasteiger partial charge in [0.25, 0.3) is 6.43 Å². The smallest absolute Gasteiger partial charge is 0.263 e. The van der Waals surface area contributed by atoms with Crippen molar-refractivity contribution in [2.75, 3.05) is 6.61 Å². The number of hydrogen-bond acceptors (Lipinski definition) is 2. The summed E-state index contributed by atoms with van der Waals surface area (Å²) in [5, 5.41) is 0. The quantitative estimate of drug-likeness (QED) is 0.719. The average Bonchev–Trinajstić information content (AvgIpc) is 2.28. The van der Waals surface area contributed by atoms with Crippen LogP contribution in [0.15, 0.2) is 18.2 Å². The number of benzene rings is 1. The Hall–Kier alpha value is -1.45. The van der Waals surface area contributed by atoms with Gasteiger partial charge in [0.1, 0.15) is 5.75 Å². The highest BCUT2D eigenvalue weighted by molar-refractivity contribution is 5.98. The highest BCUT2D eigenvalue weighted by Gasteiger charge is 2.15. The number of carbonyl (C=O) groups is 1. The van der Waals surface area contributed by atoms with Gasteiger partial charge >= 0.3 is 0 Å². The fourth-order valence-corrected chi connectivity index (χ4v) is 1.37. The highest BCUT2D eigenvalue weighted by Crippen LogP contribution is 2.27. The Labute approximate surface area is 93.2 Å². The van der Waals surface area contributed by atoms with Gasteiger partial charge in [0.05, 0.1) is 12.2 Å². The zero-order chi connectivity index (χ0) is 12.1. The number of alkyl halides is 2. The topological polar surface area (TPSA) is 26.3 Å². The van der Waals surface area contributed by atoms with Crippen molar-refractivity contribution in [3.63, 3.8) is 0 Å². The molecule has 0 bridgehead atoms. The van der Waals surface area contributed by atoms with Gasteiger partial charge in [-0.15, -0.1) is 0 Å². The third-order valence-electron chi connectivity index (χ3n) is 2.18. The fraction of sp³-hybridized carbons (Fsp3) is 0.417. The molecule has 0 aromatic heterocycles.